The molecule has 0 aromatic heterocycles. The number of amides is 1. The fourth-order valence-electron chi connectivity index (χ4n) is 1.59. The first-order chi connectivity index (χ1) is 8.78. The van der Waals surface area contributed by atoms with Crippen LogP contribution in [0.2, 0.25) is 0 Å². The number of cyclic esters (lactones) is 1. The van der Waals surface area contributed by atoms with E-state index in [1.807, 2.05) is 0 Å². The Balaban J connectivity index is 2.57. The van der Waals surface area contributed by atoms with E-state index in [4.69, 9.17) is 14.2 Å². The number of hydrogen-bond acceptors (Lipinski definition) is 5. The lowest BCUT2D eigenvalue weighted by Gasteiger charge is -2.23. The van der Waals surface area contributed by atoms with Crippen LogP contribution in [-0.4, -0.2) is 43.0 Å². The minimum absolute atomic E-state index is 0.214. The quantitative estimate of drug-likeness (QED) is 0.735. The summed E-state index contributed by atoms with van der Waals surface area (Å²) in [6.45, 7) is 8.05. The second-order valence-corrected chi connectivity index (χ2v) is 5.64. The van der Waals surface area contributed by atoms with E-state index in [-0.39, 0.29) is 6.10 Å². The molecule has 1 aliphatic rings. The summed E-state index contributed by atoms with van der Waals surface area (Å²) in [5.41, 5.74) is -0.601. The van der Waals surface area contributed by atoms with Gasteiger partial charge in [-0.2, -0.15) is 0 Å². The van der Waals surface area contributed by atoms with E-state index in [1.165, 1.54) is 0 Å². The SMILES string of the molecule is CC1CCOCC[C@H](NC(=O)OC(C)(C)C)C(=O)O1. The number of carbonyl (C=O) groups is 2. The van der Waals surface area contributed by atoms with Crippen molar-refractivity contribution >= 4 is 12.1 Å². The standard InChI is InChI=1S/C13H23NO5/c1-9-5-7-17-8-6-10(11(15)18-9)14-12(16)19-13(2,3)4/h9-10H,5-8H2,1-4H3,(H,14,16)/t9?,10-/m0/s1. The number of rotatable bonds is 1. The number of carbonyl (C=O) groups excluding carboxylic acids is 2. The Kier molecular flexibility index (Phi) is 5.60. The number of alkyl carbamates (subject to hydrolysis) is 1. The number of nitrogens with one attached hydrogen (secondary N) is 1. The molecule has 0 radical (unpaired) electrons. The summed E-state index contributed by atoms with van der Waals surface area (Å²) in [6, 6.07) is -0.726. The van der Waals surface area contributed by atoms with Crippen LogP contribution in [0.4, 0.5) is 4.79 Å². The molecule has 110 valence electrons. The normalized spacial score (nSPS) is 25.6. The van der Waals surface area contributed by atoms with Gasteiger partial charge in [0.25, 0.3) is 0 Å². The lowest BCUT2D eigenvalue weighted by Crippen LogP contribution is -2.45. The third-order valence-corrected chi connectivity index (χ3v) is 2.51. The molecule has 1 rings (SSSR count). The van der Waals surface area contributed by atoms with Crippen molar-refractivity contribution in [1.82, 2.24) is 5.32 Å². The van der Waals surface area contributed by atoms with Crippen LogP contribution in [0.25, 0.3) is 0 Å². The molecule has 6 heteroatoms. The molecule has 0 aliphatic carbocycles. The van der Waals surface area contributed by atoms with Crippen LogP contribution >= 0.6 is 0 Å². The Morgan fingerprint density at radius 1 is 1.32 bits per heavy atom. The third-order valence-electron chi connectivity index (χ3n) is 2.51. The van der Waals surface area contributed by atoms with Crippen molar-refractivity contribution in [3.63, 3.8) is 0 Å². The molecule has 1 saturated heterocycles. The van der Waals surface area contributed by atoms with Crippen LogP contribution < -0.4 is 5.32 Å². The number of hydrogen-bond donors (Lipinski definition) is 1. The van der Waals surface area contributed by atoms with Crippen LogP contribution in [0.5, 0.6) is 0 Å². The number of ether oxygens (including phenoxy) is 3. The molecule has 1 amide bonds. The fourth-order valence-corrected chi connectivity index (χ4v) is 1.59. The molecule has 0 bridgehead atoms. The zero-order valence-corrected chi connectivity index (χ0v) is 12.0. The molecule has 0 saturated carbocycles. The van der Waals surface area contributed by atoms with Crippen molar-refractivity contribution in [2.45, 2.75) is 58.3 Å². The monoisotopic (exact) mass is 273 g/mol. The fraction of sp³-hybridized carbons (Fsp3) is 0.846. The van der Waals surface area contributed by atoms with Crippen molar-refractivity contribution < 1.29 is 23.8 Å². The highest BCUT2D eigenvalue weighted by Crippen LogP contribution is 2.10. The second kappa shape index (κ2) is 6.75. The lowest BCUT2D eigenvalue weighted by molar-refractivity contribution is -0.150. The van der Waals surface area contributed by atoms with Crippen LogP contribution in [-0.2, 0) is 19.0 Å². The Morgan fingerprint density at radius 3 is 2.58 bits per heavy atom. The van der Waals surface area contributed by atoms with Gasteiger partial charge in [-0.25, -0.2) is 9.59 Å². The average Bonchev–Trinajstić information content (AvgIpc) is 2.29. The van der Waals surface area contributed by atoms with E-state index in [0.717, 1.165) is 0 Å². The molecular weight excluding hydrogens is 250 g/mol. The maximum absolute atomic E-state index is 11.9. The first kappa shape index (κ1) is 15.8. The molecular formula is C13H23NO5. The van der Waals surface area contributed by atoms with Gasteiger partial charge in [0, 0.05) is 19.4 Å². The van der Waals surface area contributed by atoms with Crippen molar-refractivity contribution in [3.8, 4) is 0 Å². The molecule has 6 nitrogen and oxygen atoms in total. The molecule has 1 fully saturated rings. The molecule has 1 unspecified atom stereocenters. The minimum Gasteiger partial charge on any atom is -0.461 e. The highest BCUT2D eigenvalue weighted by molar-refractivity contribution is 5.81. The largest absolute Gasteiger partial charge is 0.461 e. The van der Waals surface area contributed by atoms with Crippen LogP contribution in [0.1, 0.15) is 40.5 Å². The molecule has 0 aromatic rings. The molecule has 1 aliphatic heterocycles. The van der Waals surface area contributed by atoms with E-state index < -0.39 is 23.7 Å². The first-order valence-electron chi connectivity index (χ1n) is 6.55. The molecule has 19 heavy (non-hydrogen) atoms. The van der Waals surface area contributed by atoms with E-state index >= 15 is 0 Å². The molecule has 0 spiro atoms. The first-order valence-corrected chi connectivity index (χ1v) is 6.55. The van der Waals surface area contributed by atoms with Crippen LogP contribution in [0, 0.1) is 0 Å². The van der Waals surface area contributed by atoms with Gasteiger partial charge in [0.05, 0.1) is 6.61 Å². The predicted molar refractivity (Wildman–Crippen MR) is 68.8 cm³/mol. The van der Waals surface area contributed by atoms with Gasteiger partial charge in [-0.05, 0) is 27.7 Å². The van der Waals surface area contributed by atoms with Gasteiger partial charge in [-0.15, -0.1) is 0 Å². The second-order valence-electron chi connectivity index (χ2n) is 5.64. The van der Waals surface area contributed by atoms with Crippen LogP contribution in [0.15, 0.2) is 0 Å². The summed E-state index contributed by atoms with van der Waals surface area (Å²) >= 11 is 0. The number of esters is 1. The lowest BCUT2D eigenvalue weighted by atomic mass is 10.2. The predicted octanol–water partition coefficient (Wildman–Crippen LogP) is 1.62. The highest BCUT2D eigenvalue weighted by Gasteiger charge is 2.27. The van der Waals surface area contributed by atoms with E-state index in [2.05, 4.69) is 5.32 Å². The summed E-state index contributed by atoms with van der Waals surface area (Å²) in [7, 11) is 0. The highest BCUT2D eigenvalue weighted by atomic mass is 16.6. The Labute approximate surface area is 113 Å². The van der Waals surface area contributed by atoms with Gasteiger partial charge in [0.1, 0.15) is 17.7 Å². The molecule has 2 atom stereocenters. The summed E-state index contributed by atoms with van der Waals surface area (Å²) in [5.74, 6) is -0.441. The van der Waals surface area contributed by atoms with Crippen molar-refractivity contribution in [2.24, 2.45) is 0 Å². The van der Waals surface area contributed by atoms with E-state index in [0.29, 0.717) is 26.1 Å². The van der Waals surface area contributed by atoms with Gasteiger partial charge in [-0.3, -0.25) is 0 Å². The van der Waals surface area contributed by atoms with Crippen molar-refractivity contribution in [2.75, 3.05) is 13.2 Å². The zero-order valence-electron chi connectivity index (χ0n) is 12.0. The maximum Gasteiger partial charge on any atom is 0.408 e. The zero-order chi connectivity index (χ0) is 14.5. The van der Waals surface area contributed by atoms with E-state index in [9.17, 15) is 9.59 Å². The Morgan fingerprint density at radius 2 is 1.95 bits per heavy atom. The third kappa shape index (κ3) is 6.42. The van der Waals surface area contributed by atoms with Crippen molar-refractivity contribution in [3.05, 3.63) is 0 Å². The van der Waals surface area contributed by atoms with Crippen LogP contribution in [0.3, 0.4) is 0 Å². The van der Waals surface area contributed by atoms with Gasteiger partial charge < -0.3 is 19.5 Å². The Hall–Kier alpha value is -1.30. The van der Waals surface area contributed by atoms with Gasteiger partial charge >= 0.3 is 12.1 Å². The molecule has 0 aromatic carbocycles. The van der Waals surface area contributed by atoms with Gasteiger partial charge in [-0.1, -0.05) is 0 Å². The smallest absolute Gasteiger partial charge is 0.408 e. The Bertz CT molecular complexity index is 323. The van der Waals surface area contributed by atoms with Gasteiger partial charge in [0.2, 0.25) is 0 Å². The van der Waals surface area contributed by atoms with E-state index in [1.54, 1.807) is 27.7 Å². The minimum atomic E-state index is -0.726. The average molecular weight is 273 g/mol. The summed E-state index contributed by atoms with van der Waals surface area (Å²) < 4.78 is 15.7. The summed E-state index contributed by atoms with van der Waals surface area (Å²) in [6.07, 6.45) is 0.199. The molecule has 1 N–H and O–H groups in total. The summed E-state index contributed by atoms with van der Waals surface area (Å²) in [4.78, 5) is 23.5. The van der Waals surface area contributed by atoms with Gasteiger partial charge in [0.15, 0.2) is 0 Å². The molecule has 1 heterocycles. The summed E-state index contributed by atoms with van der Waals surface area (Å²) in [5, 5.41) is 2.53. The maximum atomic E-state index is 11.9. The van der Waals surface area contributed by atoms with Crippen molar-refractivity contribution in [1.29, 1.82) is 0 Å². The topological polar surface area (TPSA) is 73.9 Å².